The van der Waals surface area contributed by atoms with Crippen LogP contribution in [0, 0.1) is 0 Å². The molecule has 7 heteroatoms. The van der Waals surface area contributed by atoms with Gasteiger partial charge in [0.05, 0.1) is 0 Å². The fourth-order valence-electron chi connectivity index (χ4n) is 3.77. The van der Waals surface area contributed by atoms with Crippen molar-refractivity contribution in [1.29, 1.82) is 0 Å². The molecule has 0 radical (unpaired) electrons. The quantitative estimate of drug-likeness (QED) is 0.753. The van der Waals surface area contributed by atoms with Crippen LogP contribution in [0.3, 0.4) is 0 Å². The number of fused-ring (bicyclic) bond motifs is 1. The number of pyridine rings is 1. The standard InChI is InChI=1S/C23H29N3O4/c1-16(2)24-22(28)21-19-10-12-25(20(27)15-30-3)13-18(19)14-26(23(21)29)11-9-17-7-5-4-6-8-17/h4-8,14,16H,9-13,15H2,1-3H3,(H,24,28). The second kappa shape index (κ2) is 9.71. The minimum atomic E-state index is -0.350. The highest BCUT2D eigenvalue weighted by atomic mass is 16.5. The summed E-state index contributed by atoms with van der Waals surface area (Å²) >= 11 is 0. The van der Waals surface area contributed by atoms with Crippen molar-refractivity contribution in [1.82, 2.24) is 14.8 Å². The first-order valence-corrected chi connectivity index (χ1v) is 10.3. The lowest BCUT2D eigenvalue weighted by Gasteiger charge is -2.30. The van der Waals surface area contributed by atoms with E-state index in [4.69, 9.17) is 4.74 Å². The van der Waals surface area contributed by atoms with Gasteiger partial charge < -0.3 is 19.5 Å². The Morgan fingerprint density at radius 1 is 1.20 bits per heavy atom. The summed E-state index contributed by atoms with van der Waals surface area (Å²) in [6.45, 7) is 5.04. The maximum atomic E-state index is 13.2. The number of hydrogen-bond acceptors (Lipinski definition) is 4. The van der Waals surface area contributed by atoms with Crippen LogP contribution in [0.25, 0.3) is 0 Å². The summed E-state index contributed by atoms with van der Waals surface area (Å²) in [6, 6.07) is 9.84. The van der Waals surface area contributed by atoms with Crippen LogP contribution < -0.4 is 10.9 Å². The topological polar surface area (TPSA) is 80.6 Å². The molecule has 2 aromatic rings. The summed E-state index contributed by atoms with van der Waals surface area (Å²) in [5, 5.41) is 2.85. The number of carbonyl (C=O) groups is 2. The first-order valence-electron chi connectivity index (χ1n) is 10.3. The average molecular weight is 412 g/mol. The van der Waals surface area contributed by atoms with E-state index < -0.39 is 0 Å². The van der Waals surface area contributed by atoms with Crippen molar-refractivity contribution in [3.8, 4) is 0 Å². The fraction of sp³-hybridized carbons (Fsp3) is 0.435. The number of carbonyl (C=O) groups excluding carboxylic acids is 2. The monoisotopic (exact) mass is 411 g/mol. The van der Waals surface area contributed by atoms with Gasteiger partial charge in [0.25, 0.3) is 11.5 Å². The smallest absolute Gasteiger partial charge is 0.263 e. The molecule has 0 saturated heterocycles. The molecule has 1 aromatic carbocycles. The van der Waals surface area contributed by atoms with Crippen LogP contribution in [0.1, 0.15) is 40.9 Å². The zero-order valence-electron chi connectivity index (χ0n) is 17.8. The first-order chi connectivity index (χ1) is 14.4. The van der Waals surface area contributed by atoms with Crippen LogP contribution >= 0.6 is 0 Å². The van der Waals surface area contributed by atoms with E-state index in [0.717, 1.165) is 16.7 Å². The number of aromatic nitrogens is 1. The van der Waals surface area contributed by atoms with E-state index in [1.807, 2.05) is 44.2 Å². The number of rotatable bonds is 7. The zero-order valence-corrected chi connectivity index (χ0v) is 17.8. The normalized spacial score (nSPS) is 13.3. The van der Waals surface area contributed by atoms with E-state index >= 15 is 0 Å². The Labute approximate surface area is 176 Å². The van der Waals surface area contributed by atoms with Crippen LogP contribution in [-0.2, 0) is 35.5 Å². The number of benzene rings is 1. The third-order valence-electron chi connectivity index (χ3n) is 5.22. The number of aryl methyl sites for hydroxylation is 2. The van der Waals surface area contributed by atoms with E-state index in [0.29, 0.717) is 32.5 Å². The summed E-state index contributed by atoms with van der Waals surface area (Å²) in [7, 11) is 1.49. The molecule has 0 fully saturated rings. The molecule has 30 heavy (non-hydrogen) atoms. The highest BCUT2D eigenvalue weighted by Gasteiger charge is 2.28. The molecule has 7 nitrogen and oxygen atoms in total. The van der Waals surface area contributed by atoms with Crippen LogP contribution in [-0.4, -0.2) is 47.6 Å². The molecular weight excluding hydrogens is 382 g/mol. The minimum absolute atomic E-state index is 0.0175. The second-order valence-electron chi connectivity index (χ2n) is 7.87. The maximum absolute atomic E-state index is 13.2. The molecule has 2 heterocycles. The number of amides is 2. The maximum Gasteiger partial charge on any atom is 0.263 e. The highest BCUT2D eigenvalue weighted by Crippen LogP contribution is 2.21. The van der Waals surface area contributed by atoms with E-state index in [1.54, 1.807) is 15.7 Å². The molecule has 1 aliphatic heterocycles. The van der Waals surface area contributed by atoms with Gasteiger partial charge in [0.15, 0.2) is 0 Å². The summed E-state index contributed by atoms with van der Waals surface area (Å²) in [5.41, 5.74) is 2.63. The van der Waals surface area contributed by atoms with Gasteiger partial charge in [-0.1, -0.05) is 30.3 Å². The molecule has 0 unspecified atom stereocenters. The van der Waals surface area contributed by atoms with E-state index in [2.05, 4.69) is 5.32 Å². The van der Waals surface area contributed by atoms with Crippen LogP contribution in [0.15, 0.2) is 41.3 Å². The molecule has 2 amide bonds. The summed E-state index contributed by atoms with van der Waals surface area (Å²) in [5.74, 6) is -0.449. The summed E-state index contributed by atoms with van der Waals surface area (Å²) < 4.78 is 6.57. The van der Waals surface area contributed by atoms with E-state index in [9.17, 15) is 14.4 Å². The van der Waals surface area contributed by atoms with Crippen molar-refractivity contribution in [2.75, 3.05) is 20.3 Å². The lowest BCUT2D eigenvalue weighted by Crippen LogP contribution is -2.43. The van der Waals surface area contributed by atoms with Gasteiger partial charge in [-0.15, -0.1) is 0 Å². The Balaban J connectivity index is 1.96. The Morgan fingerprint density at radius 3 is 2.60 bits per heavy atom. The molecule has 0 atom stereocenters. The lowest BCUT2D eigenvalue weighted by atomic mass is 9.95. The third-order valence-corrected chi connectivity index (χ3v) is 5.22. The average Bonchev–Trinajstić information content (AvgIpc) is 2.72. The van der Waals surface area contributed by atoms with Gasteiger partial charge in [-0.05, 0) is 43.4 Å². The van der Waals surface area contributed by atoms with Gasteiger partial charge in [-0.3, -0.25) is 14.4 Å². The van der Waals surface area contributed by atoms with Gasteiger partial charge >= 0.3 is 0 Å². The first kappa shape index (κ1) is 21.8. The zero-order chi connectivity index (χ0) is 21.7. The van der Waals surface area contributed by atoms with Crippen molar-refractivity contribution in [3.05, 3.63) is 69.1 Å². The Bertz CT molecular complexity index is 966. The molecule has 1 aliphatic rings. The second-order valence-corrected chi connectivity index (χ2v) is 7.87. The number of ether oxygens (including phenoxy) is 1. The van der Waals surface area contributed by atoms with Gasteiger partial charge in [0.1, 0.15) is 12.2 Å². The fourth-order valence-corrected chi connectivity index (χ4v) is 3.77. The minimum Gasteiger partial charge on any atom is -0.375 e. The molecule has 1 N–H and O–H groups in total. The van der Waals surface area contributed by atoms with Crippen molar-refractivity contribution >= 4 is 11.8 Å². The van der Waals surface area contributed by atoms with Gasteiger partial charge in [-0.2, -0.15) is 0 Å². The molecule has 0 spiro atoms. The lowest BCUT2D eigenvalue weighted by molar-refractivity contribution is -0.136. The van der Waals surface area contributed by atoms with Crippen LogP contribution in [0.4, 0.5) is 0 Å². The number of nitrogens with zero attached hydrogens (tertiary/aromatic N) is 2. The molecule has 0 aliphatic carbocycles. The van der Waals surface area contributed by atoms with Gasteiger partial charge in [0.2, 0.25) is 5.91 Å². The SMILES string of the molecule is COCC(=O)N1CCc2c(cn(CCc3ccccc3)c(=O)c2C(=O)NC(C)C)C1. The molecule has 0 bridgehead atoms. The Hall–Kier alpha value is -2.93. The number of hydrogen-bond donors (Lipinski definition) is 1. The van der Waals surface area contributed by atoms with Crippen LogP contribution in [0.2, 0.25) is 0 Å². The summed E-state index contributed by atoms with van der Waals surface area (Å²) in [6.07, 6.45) is 2.95. The molecule has 0 saturated carbocycles. The largest absolute Gasteiger partial charge is 0.375 e. The van der Waals surface area contributed by atoms with Crippen molar-refractivity contribution in [3.63, 3.8) is 0 Å². The van der Waals surface area contributed by atoms with Crippen molar-refractivity contribution in [2.24, 2.45) is 0 Å². The Kier molecular flexibility index (Phi) is 7.05. The van der Waals surface area contributed by atoms with E-state index in [1.165, 1.54) is 7.11 Å². The third kappa shape index (κ3) is 4.97. The Morgan fingerprint density at radius 2 is 1.93 bits per heavy atom. The van der Waals surface area contributed by atoms with Crippen molar-refractivity contribution < 1.29 is 14.3 Å². The summed E-state index contributed by atoms with van der Waals surface area (Å²) in [4.78, 5) is 40.1. The predicted octanol–water partition coefficient (Wildman–Crippen LogP) is 1.76. The highest BCUT2D eigenvalue weighted by molar-refractivity contribution is 5.96. The number of nitrogens with one attached hydrogen (secondary N) is 1. The predicted molar refractivity (Wildman–Crippen MR) is 114 cm³/mol. The van der Waals surface area contributed by atoms with Gasteiger partial charge in [-0.25, -0.2) is 0 Å². The van der Waals surface area contributed by atoms with Gasteiger partial charge in [0, 0.05) is 39.0 Å². The molecule has 160 valence electrons. The molecule has 3 rings (SSSR count). The number of methoxy groups -OCH3 is 1. The van der Waals surface area contributed by atoms with E-state index in [-0.39, 0.29) is 35.6 Å². The molecular formula is C23H29N3O4. The molecule has 1 aromatic heterocycles. The van der Waals surface area contributed by atoms with Crippen LogP contribution in [0.5, 0.6) is 0 Å². The van der Waals surface area contributed by atoms with Crippen molar-refractivity contribution in [2.45, 2.75) is 45.8 Å².